The number of ether oxygens (including phenoxy) is 3. The Morgan fingerprint density at radius 3 is 2.85 bits per heavy atom. The Labute approximate surface area is 156 Å². The molecule has 0 aromatic heterocycles. The van der Waals surface area contributed by atoms with Crippen molar-refractivity contribution in [2.45, 2.75) is 13.0 Å². The fourth-order valence-corrected chi connectivity index (χ4v) is 2.69. The van der Waals surface area contributed by atoms with Gasteiger partial charge in [0.05, 0.1) is 13.2 Å². The first kappa shape index (κ1) is 20.5. The highest BCUT2D eigenvalue weighted by atomic mass is 16.5. The first-order valence-electron chi connectivity index (χ1n) is 9.27. The van der Waals surface area contributed by atoms with Crippen LogP contribution in [0.25, 0.3) is 0 Å². The normalized spacial score (nSPS) is 15.7. The lowest BCUT2D eigenvalue weighted by molar-refractivity contribution is 0.0322. The number of hydrogen-bond donors (Lipinski definition) is 2. The maximum absolute atomic E-state index is 5.90. The molecule has 26 heavy (non-hydrogen) atoms. The summed E-state index contributed by atoms with van der Waals surface area (Å²) in [5.74, 6) is 1.69. The van der Waals surface area contributed by atoms with Crippen LogP contribution in [0.3, 0.4) is 0 Å². The Morgan fingerprint density at radius 1 is 1.23 bits per heavy atom. The summed E-state index contributed by atoms with van der Waals surface area (Å²) in [6.45, 7) is 7.53. The van der Waals surface area contributed by atoms with Crippen LogP contribution in [0.4, 0.5) is 0 Å². The zero-order valence-electron chi connectivity index (χ0n) is 16.0. The highest BCUT2D eigenvalue weighted by molar-refractivity contribution is 5.79. The molecule has 0 spiro atoms. The molecule has 1 fully saturated rings. The van der Waals surface area contributed by atoms with E-state index in [2.05, 4.69) is 32.7 Å². The van der Waals surface area contributed by atoms with Crippen molar-refractivity contribution in [2.24, 2.45) is 4.99 Å². The Balaban J connectivity index is 1.70. The van der Waals surface area contributed by atoms with Gasteiger partial charge in [0, 0.05) is 53.5 Å². The van der Waals surface area contributed by atoms with E-state index in [-0.39, 0.29) is 0 Å². The maximum atomic E-state index is 5.90. The molecule has 1 aromatic carbocycles. The average Bonchev–Trinajstić information content (AvgIpc) is 2.69. The second-order valence-electron chi connectivity index (χ2n) is 6.15. The molecular weight excluding hydrogens is 332 g/mol. The molecule has 1 heterocycles. The Morgan fingerprint density at radius 2 is 2.08 bits per heavy atom. The molecule has 0 bridgehead atoms. The lowest BCUT2D eigenvalue weighted by Crippen LogP contribution is -2.38. The van der Waals surface area contributed by atoms with Gasteiger partial charge in [0.15, 0.2) is 5.96 Å². The van der Waals surface area contributed by atoms with E-state index in [0.29, 0.717) is 13.2 Å². The predicted molar refractivity (Wildman–Crippen MR) is 104 cm³/mol. The van der Waals surface area contributed by atoms with Crippen LogP contribution in [-0.2, 0) is 16.0 Å². The van der Waals surface area contributed by atoms with E-state index in [1.165, 1.54) is 0 Å². The summed E-state index contributed by atoms with van der Waals surface area (Å²) in [6.07, 6.45) is 0.948. The van der Waals surface area contributed by atoms with Crippen LogP contribution in [0.5, 0.6) is 5.75 Å². The Hall–Kier alpha value is -1.83. The SMILES string of the molecule is CN=C(NCCCOC)NCc1cccc(OCCN2CCOCC2)c1. The van der Waals surface area contributed by atoms with Gasteiger partial charge in [-0.25, -0.2) is 0 Å². The summed E-state index contributed by atoms with van der Waals surface area (Å²) in [6, 6.07) is 8.18. The quantitative estimate of drug-likeness (QED) is 0.368. The number of nitrogens with zero attached hydrogens (tertiary/aromatic N) is 2. The van der Waals surface area contributed by atoms with Gasteiger partial charge >= 0.3 is 0 Å². The summed E-state index contributed by atoms with van der Waals surface area (Å²) < 4.78 is 16.3. The minimum atomic E-state index is 0.694. The molecule has 7 heteroatoms. The molecule has 2 N–H and O–H groups in total. The smallest absolute Gasteiger partial charge is 0.191 e. The van der Waals surface area contributed by atoms with E-state index in [1.807, 2.05) is 12.1 Å². The van der Waals surface area contributed by atoms with E-state index in [9.17, 15) is 0 Å². The van der Waals surface area contributed by atoms with Gasteiger partial charge in [-0.1, -0.05) is 12.1 Å². The van der Waals surface area contributed by atoms with Gasteiger partial charge in [-0.3, -0.25) is 9.89 Å². The monoisotopic (exact) mass is 364 g/mol. The number of hydrogen-bond acceptors (Lipinski definition) is 5. The number of guanidine groups is 1. The largest absolute Gasteiger partial charge is 0.492 e. The minimum absolute atomic E-state index is 0.694. The summed E-state index contributed by atoms with van der Waals surface area (Å²) in [4.78, 5) is 6.60. The summed E-state index contributed by atoms with van der Waals surface area (Å²) in [5.41, 5.74) is 1.16. The molecule has 1 aliphatic rings. The number of aliphatic imine (C=N–C) groups is 1. The van der Waals surface area contributed by atoms with Gasteiger partial charge in [-0.15, -0.1) is 0 Å². The molecule has 1 aromatic rings. The third kappa shape index (κ3) is 8.03. The standard InChI is InChI=1S/C19H32N4O3/c1-20-19(21-7-4-11-24-2)22-16-17-5-3-6-18(15-17)26-14-10-23-8-12-25-13-9-23/h3,5-6,15H,4,7-14,16H2,1-2H3,(H2,20,21,22). The molecule has 0 saturated carbocycles. The van der Waals surface area contributed by atoms with Crippen molar-refractivity contribution in [3.05, 3.63) is 29.8 Å². The van der Waals surface area contributed by atoms with Gasteiger partial charge in [-0.05, 0) is 24.1 Å². The third-order valence-electron chi connectivity index (χ3n) is 4.18. The maximum Gasteiger partial charge on any atom is 0.191 e. The molecule has 146 valence electrons. The highest BCUT2D eigenvalue weighted by Gasteiger charge is 2.09. The number of morpholine rings is 1. The molecule has 2 rings (SSSR count). The van der Waals surface area contributed by atoms with Crippen LogP contribution in [0.15, 0.2) is 29.3 Å². The number of rotatable bonds is 10. The topological polar surface area (TPSA) is 67.4 Å². The van der Waals surface area contributed by atoms with E-state index in [4.69, 9.17) is 14.2 Å². The summed E-state index contributed by atoms with van der Waals surface area (Å²) >= 11 is 0. The van der Waals surface area contributed by atoms with E-state index in [0.717, 1.165) is 69.7 Å². The molecule has 0 amide bonds. The van der Waals surface area contributed by atoms with E-state index >= 15 is 0 Å². The molecule has 0 unspecified atom stereocenters. The molecular formula is C19H32N4O3. The van der Waals surface area contributed by atoms with Crippen LogP contribution in [-0.4, -0.2) is 77.6 Å². The predicted octanol–water partition coefficient (Wildman–Crippen LogP) is 1.10. The fraction of sp³-hybridized carbons (Fsp3) is 0.632. The number of methoxy groups -OCH3 is 1. The van der Waals surface area contributed by atoms with Gasteiger partial charge in [0.1, 0.15) is 12.4 Å². The fourth-order valence-electron chi connectivity index (χ4n) is 2.69. The molecule has 1 saturated heterocycles. The highest BCUT2D eigenvalue weighted by Crippen LogP contribution is 2.13. The second kappa shape index (κ2) is 12.5. The van der Waals surface area contributed by atoms with Crippen molar-refractivity contribution in [1.29, 1.82) is 0 Å². The van der Waals surface area contributed by atoms with Crippen molar-refractivity contribution in [3.8, 4) is 5.75 Å². The lowest BCUT2D eigenvalue weighted by Gasteiger charge is -2.26. The van der Waals surface area contributed by atoms with Gasteiger partial charge < -0.3 is 24.8 Å². The number of benzene rings is 1. The van der Waals surface area contributed by atoms with E-state index < -0.39 is 0 Å². The van der Waals surface area contributed by atoms with Crippen molar-refractivity contribution in [3.63, 3.8) is 0 Å². The van der Waals surface area contributed by atoms with Gasteiger partial charge in [0.25, 0.3) is 0 Å². The van der Waals surface area contributed by atoms with Crippen molar-refractivity contribution < 1.29 is 14.2 Å². The van der Waals surface area contributed by atoms with Crippen molar-refractivity contribution >= 4 is 5.96 Å². The Bertz CT molecular complexity index is 533. The summed E-state index contributed by atoms with van der Waals surface area (Å²) in [7, 11) is 3.49. The molecule has 1 aliphatic heterocycles. The van der Waals surface area contributed by atoms with Crippen molar-refractivity contribution in [1.82, 2.24) is 15.5 Å². The first-order chi connectivity index (χ1) is 12.8. The van der Waals surface area contributed by atoms with Crippen LogP contribution in [0, 0.1) is 0 Å². The zero-order valence-corrected chi connectivity index (χ0v) is 16.0. The van der Waals surface area contributed by atoms with Crippen LogP contribution >= 0.6 is 0 Å². The molecule has 7 nitrogen and oxygen atoms in total. The van der Waals surface area contributed by atoms with Gasteiger partial charge in [-0.2, -0.15) is 0 Å². The Kier molecular flexibility index (Phi) is 9.86. The molecule has 0 aliphatic carbocycles. The minimum Gasteiger partial charge on any atom is -0.492 e. The molecule has 0 atom stereocenters. The van der Waals surface area contributed by atoms with Crippen LogP contribution in [0.2, 0.25) is 0 Å². The average molecular weight is 364 g/mol. The lowest BCUT2D eigenvalue weighted by atomic mass is 10.2. The third-order valence-corrected chi connectivity index (χ3v) is 4.18. The molecule has 0 radical (unpaired) electrons. The van der Waals surface area contributed by atoms with Gasteiger partial charge in [0.2, 0.25) is 0 Å². The second-order valence-corrected chi connectivity index (χ2v) is 6.15. The van der Waals surface area contributed by atoms with E-state index in [1.54, 1.807) is 14.2 Å². The summed E-state index contributed by atoms with van der Waals surface area (Å²) in [5, 5.41) is 6.59. The van der Waals surface area contributed by atoms with Crippen LogP contribution < -0.4 is 15.4 Å². The van der Waals surface area contributed by atoms with Crippen LogP contribution in [0.1, 0.15) is 12.0 Å². The van der Waals surface area contributed by atoms with Crippen molar-refractivity contribution in [2.75, 3.05) is 66.8 Å². The zero-order chi connectivity index (χ0) is 18.5. The number of nitrogens with one attached hydrogen (secondary N) is 2. The first-order valence-corrected chi connectivity index (χ1v) is 9.27.